The number of carbonyl (C=O) groups is 1. The first-order chi connectivity index (χ1) is 8.09. The summed E-state index contributed by atoms with van der Waals surface area (Å²) in [4.78, 5) is 28.3. The van der Waals surface area contributed by atoms with Gasteiger partial charge in [0, 0.05) is 25.0 Å². The highest BCUT2D eigenvalue weighted by atomic mass is 16.5. The Kier molecular flexibility index (Phi) is 3.28. The minimum Gasteiger partial charge on any atom is -0.375 e. The van der Waals surface area contributed by atoms with Crippen molar-refractivity contribution in [3.63, 3.8) is 0 Å². The van der Waals surface area contributed by atoms with Crippen LogP contribution in [0.2, 0.25) is 0 Å². The van der Waals surface area contributed by atoms with Crippen LogP contribution in [-0.2, 0) is 4.74 Å². The van der Waals surface area contributed by atoms with Gasteiger partial charge in [-0.3, -0.25) is 9.59 Å². The minimum absolute atomic E-state index is 0.00157. The lowest BCUT2D eigenvalue weighted by atomic mass is 10.1. The first-order valence-corrected chi connectivity index (χ1v) is 5.69. The van der Waals surface area contributed by atoms with Crippen LogP contribution in [-0.4, -0.2) is 41.1 Å². The van der Waals surface area contributed by atoms with Gasteiger partial charge in [-0.25, -0.2) is 0 Å². The van der Waals surface area contributed by atoms with Gasteiger partial charge in [0.05, 0.1) is 18.8 Å². The van der Waals surface area contributed by atoms with E-state index in [4.69, 9.17) is 4.74 Å². The summed E-state index contributed by atoms with van der Waals surface area (Å²) in [5.74, 6) is -0.227. The summed E-state index contributed by atoms with van der Waals surface area (Å²) in [6.07, 6.45) is 2.99. The lowest BCUT2D eigenvalue weighted by molar-refractivity contribution is -0.0387. The molecule has 0 spiro atoms. The van der Waals surface area contributed by atoms with Crippen molar-refractivity contribution in [1.29, 1.82) is 0 Å². The summed E-state index contributed by atoms with van der Waals surface area (Å²) in [5, 5.41) is 0. The Labute approximate surface area is 99.4 Å². The van der Waals surface area contributed by atoms with Gasteiger partial charge in [-0.05, 0) is 13.8 Å². The van der Waals surface area contributed by atoms with Crippen molar-refractivity contribution < 1.29 is 9.53 Å². The molecule has 1 fully saturated rings. The van der Waals surface area contributed by atoms with E-state index < -0.39 is 0 Å². The maximum absolute atomic E-state index is 12.2. The van der Waals surface area contributed by atoms with Gasteiger partial charge >= 0.3 is 0 Å². The van der Waals surface area contributed by atoms with Crippen LogP contribution >= 0.6 is 0 Å². The molecule has 1 N–H and O–H groups in total. The van der Waals surface area contributed by atoms with E-state index in [1.165, 1.54) is 18.5 Å². The number of ether oxygens (including phenoxy) is 1. The smallest absolute Gasteiger partial charge is 0.259 e. The SMILES string of the molecule is CC1CN(C(=O)c2c[nH]ccc2=O)C(C)CO1. The second-order valence-electron chi connectivity index (χ2n) is 4.37. The Morgan fingerprint density at radius 1 is 1.53 bits per heavy atom. The van der Waals surface area contributed by atoms with Crippen molar-refractivity contribution >= 4 is 5.91 Å². The van der Waals surface area contributed by atoms with Gasteiger partial charge < -0.3 is 14.6 Å². The van der Waals surface area contributed by atoms with Crippen LogP contribution in [0.5, 0.6) is 0 Å². The number of aromatic amines is 1. The fraction of sp³-hybridized carbons (Fsp3) is 0.500. The Hall–Kier alpha value is -1.62. The first-order valence-electron chi connectivity index (χ1n) is 5.69. The van der Waals surface area contributed by atoms with Crippen molar-refractivity contribution in [1.82, 2.24) is 9.88 Å². The van der Waals surface area contributed by atoms with Crippen LogP contribution in [0.4, 0.5) is 0 Å². The summed E-state index contributed by atoms with van der Waals surface area (Å²) >= 11 is 0. The molecule has 1 aromatic rings. The third-order valence-electron chi connectivity index (χ3n) is 2.92. The third kappa shape index (κ3) is 2.39. The number of rotatable bonds is 1. The molecule has 17 heavy (non-hydrogen) atoms. The Morgan fingerprint density at radius 2 is 2.29 bits per heavy atom. The van der Waals surface area contributed by atoms with Crippen LogP contribution in [0.15, 0.2) is 23.3 Å². The number of hydrogen-bond acceptors (Lipinski definition) is 3. The second-order valence-corrected chi connectivity index (χ2v) is 4.37. The molecule has 92 valence electrons. The molecule has 1 aliphatic rings. The van der Waals surface area contributed by atoms with E-state index in [1.807, 2.05) is 13.8 Å². The van der Waals surface area contributed by atoms with E-state index in [1.54, 1.807) is 4.90 Å². The molecule has 5 heteroatoms. The van der Waals surface area contributed by atoms with E-state index in [-0.39, 0.29) is 29.0 Å². The zero-order chi connectivity index (χ0) is 12.4. The van der Waals surface area contributed by atoms with Gasteiger partial charge in [0.2, 0.25) is 0 Å². The largest absolute Gasteiger partial charge is 0.375 e. The van der Waals surface area contributed by atoms with Gasteiger partial charge in [-0.2, -0.15) is 0 Å². The topological polar surface area (TPSA) is 62.4 Å². The number of carbonyl (C=O) groups excluding carboxylic acids is 1. The normalized spacial score (nSPS) is 24.7. The predicted octanol–water partition coefficient (Wildman–Crippen LogP) is 0.624. The molecule has 0 aromatic carbocycles. The number of hydrogen-bond donors (Lipinski definition) is 1. The van der Waals surface area contributed by atoms with Gasteiger partial charge in [-0.15, -0.1) is 0 Å². The quantitative estimate of drug-likeness (QED) is 0.777. The molecule has 2 atom stereocenters. The maximum atomic E-state index is 12.2. The molecule has 1 aliphatic heterocycles. The molecular weight excluding hydrogens is 220 g/mol. The average molecular weight is 236 g/mol. The van der Waals surface area contributed by atoms with Crippen molar-refractivity contribution in [3.05, 3.63) is 34.2 Å². The molecule has 2 rings (SSSR count). The number of morpholine rings is 1. The van der Waals surface area contributed by atoms with E-state index in [0.29, 0.717) is 13.2 Å². The molecule has 0 aliphatic carbocycles. The van der Waals surface area contributed by atoms with E-state index in [9.17, 15) is 9.59 Å². The molecule has 2 unspecified atom stereocenters. The lowest BCUT2D eigenvalue weighted by Gasteiger charge is -2.36. The fourth-order valence-corrected chi connectivity index (χ4v) is 1.92. The highest BCUT2D eigenvalue weighted by Gasteiger charge is 2.29. The number of nitrogens with zero attached hydrogens (tertiary/aromatic N) is 1. The average Bonchev–Trinajstić information content (AvgIpc) is 2.32. The number of pyridine rings is 1. The summed E-state index contributed by atoms with van der Waals surface area (Å²) in [6.45, 7) is 4.87. The van der Waals surface area contributed by atoms with Crippen molar-refractivity contribution in [2.75, 3.05) is 13.2 Å². The van der Waals surface area contributed by atoms with Crippen molar-refractivity contribution in [2.45, 2.75) is 26.0 Å². The van der Waals surface area contributed by atoms with E-state index >= 15 is 0 Å². The van der Waals surface area contributed by atoms with Gasteiger partial charge in [-0.1, -0.05) is 0 Å². The summed E-state index contributed by atoms with van der Waals surface area (Å²) in [6, 6.07) is 1.36. The van der Waals surface area contributed by atoms with Crippen molar-refractivity contribution in [2.24, 2.45) is 0 Å². The minimum atomic E-state index is -0.250. The monoisotopic (exact) mass is 236 g/mol. The van der Waals surface area contributed by atoms with Crippen LogP contribution < -0.4 is 5.43 Å². The van der Waals surface area contributed by atoms with Crippen LogP contribution in [0.3, 0.4) is 0 Å². The maximum Gasteiger partial charge on any atom is 0.259 e. The molecule has 0 bridgehead atoms. The first kappa shape index (κ1) is 11.9. The highest BCUT2D eigenvalue weighted by molar-refractivity contribution is 5.94. The Balaban J connectivity index is 2.25. The van der Waals surface area contributed by atoms with E-state index in [0.717, 1.165) is 0 Å². The standard InChI is InChI=1S/C12H16N2O3/c1-8-7-17-9(2)6-14(8)12(16)10-5-13-4-3-11(10)15/h3-5,8-9H,6-7H2,1-2H3,(H,13,15). The van der Waals surface area contributed by atoms with Crippen molar-refractivity contribution in [3.8, 4) is 0 Å². The number of H-pyrrole nitrogens is 1. The number of nitrogens with one attached hydrogen (secondary N) is 1. The molecule has 2 heterocycles. The van der Waals surface area contributed by atoms with Gasteiger partial charge in [0.25, 0.3) is 5.91 Å². The fourth-order valence-electron chi connectivity index (χ4n) is 1.92. The molecule has 0 saturated carbocycles. The number of aromatic nitrogens is 1. The summed E-state index contributed by atoms with van der Waals surface area (Å²) < 4.78 is 5.46. The molecule has 1 amide bonds. The predicted molar refractivity (Wildman–Crippen MR) is 63.0 cm³/mol. The second kappa shape index (κ2) is 4.71. The van der Waals surface area contributed by atoms with Crippen LogP contribution in [0.25, 0.3) is 0 Å². The molecular formula is C12H16N2O3. The van der Waals surface area contributed by atoms with E-state index in [2.05, 4.69) is 4.98 Å². The zero-order valence-corrected chi connectivity index (χ0v) is 9.97. The van der Waals surface area contributed by atoms with Gasteiger partial charge in [0.1, 0.15) is 5.56 Å². The molecule has 1 aromatic heterocycles. The third-order valence-corrected chi connectivity index (χ3v) is 2.92. The molecule has 0 radical (unpaired) electrons. The lowest BCUT2D eigenvalue weighted by Crippen LogP contribution is -2.51. The molecule has 1 saturated heterocycles. The van der Waals surface area contributed by atoms with Gasteiger partial charge in [0.15, 0.2) is 5.43 Å². The number of amides is 1. The zero-order valence-electron chi connectivity index (χ0n) is 9.97. The molecule has 5 nitrogen and oxygen atoms in total. The summed E-state index contributed by atoms with van der Waals surface area (Å²) in [7, 11) is 0. The Bertz CT molecular complexity index is 469. The highest BCUT2D eigenvalue weighted by Crippen LogP contribution is 2.13. The Morgan fingerprint density at radius 3 is 3.00 bits per heavy atom. The van der Waals surface area contributed by atoms with Crippen LogP contribution in [0.1, 0.15) is 24.2 Å². The summed E-state index contributed by atoms with van der Waals surface area (Å²) in [5.41, 5.74) is -0.0615. The van der Waals surface area contributed by atoms with Crippen LogP contribution in [0, 0.1) is 0 Å².